The molecule has 0 bridgehead atoms. The van der Waals surface area contributed by atoms with E-state index in [0.29, 0.717) is 29.3 Å². The second-order valence-electron chi connectivity index (χ2n) is 7.88. The van der Waals surface area contributed by atoms with Gasteiger partial charge in [0.25, 0.3) is 5.91 Å². The molecule has 0 aromatic heterocycles. The van der Waals surface area contributed by atoms with Crippen molar-refractivity contribution < 1.29 is 13.9 Å². The molecule has 4 rings (SSSR count). The van der Waals surface area contributed by atoms with Crippen molar-refractivity contribution in [1.29, 1.82) is 0 Å². The van der Waals surface area contributed by atoms with Gasteiger partial charge in [0.2, 0.25) is 0 Å². The molecule has 5 nitrogen and oxygen atoms in total. The van der Waals surface area contributed by atoms with Crippen LogP contribution < -0.4 is 16.0 Å². The average molecular weight is 397 g/mol. The minimum Gasteiger partial charge on any atom is -0.379 e. The highest BCUT2D eigenvalue weighted by molar-refractivity contribution is 6.04. The van der Waals surface area contributed by atoms with Crippen LogP contribution in [-0.4, -0.2) is 37.7 Å². The molecule has 3 atom stereocenters. The molecule has 3 N–H and O–H groups in total. The molecular weight excluding hydrogens is 369 g/mol. The fourth-order valence-corrected chi connectivity index (χ4v) is 4.34. The molecule has 2 aromatic carbocycles. The van der Waals surface area contributed by atoms with Crippen LogP contribution in [0.5, 0.6) is 0 Å². The molecule has 3 unspecified atom stereocenters. The van der Waals surface area contributed by atoms with E-state index in [1.807, 2.05) is 24.3 Å². The quantitative estimate of drug-likeness (QED) is 0.700. The maximum atomic E-state index is 13.0. The Hall–Kier alpha value is -2.28. The summed E-state index contributed by atoms with van der Waals surface area (Å²) < 4.78 is 18.6. The van der Waals surface area contributed by atoms with E-state index >= 15 is 0 Å². The third-order valence-electron chi connectivity index (χ3n) is 5.92. The number of nitrogens with one attached hydrogen (secondary N) is 3. The summed E-state index contributed by atoms with van der Waals surface area (Å²) in [4.78, 5) is 12.4. The van der Waals surface area contributed by atoms with Gasteiger partial charge in [-0.15, -0.1) is 0 Å². The zero-order chi connectivity index (χ0) is 20.1. The van der Waals surface area contributed by atoms with Crippen LogP contribution in [0.2, 0.25) is 0 Å². The van der Waals surface area contributed by atoms with Crippen molar-refractivity contribution in [3.8, 4) is 0 Å². The average Bonchev–Trinajstić information content (AvgIpc) is 3.23. The van der Waals surface area contributed by atoms with Crippen LogP contribution in [0.15, 0.2) is 48.5 Å². The standard InChI is InChI=1S/C23H28FN3O2/c24-18-8-10-19(11-9-18)27-23(28)17-6-4-16(5-7-17)14-26-21-3-1-2-20(21)22-15-29-13-12-25-22/h4-11,20-22,25-26H,1-3,12-15H2,(H,27,28). The fourth-order valence-electron chi connectivity index (χ4n) is 4.34. The van der Waals surface area contributed by atoms with Crippen molar-refractivity contribution in [3.63, 3.8) is 0 Å². The molecule has 29 heavy (non-hydrogen) atoms. The highest BCUT2D eigenvalue weighted by atomic mass is 19.1. The van der Waals surface area contributed by atoms with Crippen LogP contribution in [0.4, 0.5) is 10.1 Å². The molecule has 1 aliphatic carbocycles. The summed E-state index contributed by atoms with van der Waals surface area (Å²) in [5, 5.41) is 10.1. The van der Waals surface area contributed by atoms with Crippen molar-refractivity contribution in [3.05, 3.63) is 65.5 Å². The van der Waals surface area contributed by atoms with Crippen molar-refractivity contribution in [2.24, 2.45) is 5.92 Å². The lowest BCUT2D eigenvalue weighted by Crippen LogP contribution is -2.50. The second-order valence-corrected chi connectivity index (χ2v) is 7.88. The van der Waals surface area contributed by atoms with Crippen LogP contribution in [0.25, 0.3) is 0 Å². The highest BCUT2D eigenvalue weighted by Gasteiger charge is 2.34. The Morgan fingerprint density at radius 2 is 1.90 bits per heavy atom. The summed E-state index contributed by atoms with van der Waals surface area (Å²) in [6, 6.07) is 14.3. The Kier molecular flexibility index (Phi) is 6.54. The van der Waals surface area contributed by atoms with Gasteiger partial charge in [0.15, 0.2) is 0 Å². The Morgan fingerprint density at radius 3 is 2.62 bits per heavy atom. The predicted octanol–water partition coefficient (Wildman–Crippen LogP) is 3.32. The lowest BCUT2D eigenvalue weighted by Gasteiger charge is -2.33. The number of morpholine rings is 1. The largest absolute Gasteiger partial charge is 0.379 e. The van der Waals surface area contributed by atoms with E-state index in [4.69, 9.17) is 4.74 Å². The van der Waals surface area contributed by atoms with Gasteiger partial charge >= 0.3 is 0 Å². The van der Waals surface area contributed by atoms with Gasteiger partial charge in [-0.3, -0.25) is 4.79 Å². The molecule has 1 saturated heterocycles. The first-order valence-corrected chi connectivity index (χ1v) is 10.4. The fraction of sp³-hybridized carbons (Fsp3) is 0.435. The Bertz CT molecular complexity index is 804. The topological polar surface area (TPSA) is 62.4 Å². The number of carbonyl (C=O) groups is 1. The van der Waals surface area contributed by atoms with E-state index in [1.54, 1.807) is 12.1 Å². The maximum absolute atomic E-state index is 13.0. The summed E-state index contributed by atoms with van der Waals surface area (Å²) in [5.41, 5.74) is 2.32. The molecule has 6 heteroatoms. The number of benzene rings is 2. The second kappa shape index (κ2) is 9.48. The van der Waals surface area contributed by atoms with Gasteiger partial charge in [-0.2, -0.15) is 0 Å². The van der Waals surface area contributed by atoms with Crippen LogP contribution >= 0.6 is 0 Å². The van der Waals surface area contributed by atoms with Gasteiger partial charge in [0.1, 0.15) is 5.82 Å². The molecule has 1 aliphatic heterocycles. The van der Waals surface area contributed by atoms with Gasteiger partial charge < -0.3 is 20.7 Å². The number of ether oxygens (including phenoxy) is 1. The summed E-state index contributed by atoms with van der Waals surface area (Å²) in [5.74, 6) is 0.0857. The number of halogens is 1. The molecule has 2 aliphatic rings. The zero-order valence-electron chi connectivity index (χ0n) is 16.5. The van der Waals surface area contributed by atoms with Crippen molar-refractivity contribution in [1.82, 2.24) is 10.6 Å². The molecule has 1 amide bonds. The number of carbonyl (C=O) groups excluding carboxylic acids is 1. The summed E-state index contributed by atoms with van der Waals surface area (Å²) in [6.45, 7) is 3.34. The van der Waals surface area contributed by atoms with Crippen molar-refractivity contribution in [2.45, 2.75) is 37.9 Å². The summed E-state index contributed by atoms with van der Waals surface area (Å²) in [7, 11) is 0. The number of rotatable bonds is 6. The van der Waals surface area contributed by atoms with Gasteiger partial charge in [-0.05, 0) is 60.7 Å². The number of amides is 1. The SMILES string of the molecule is O=C(Nc1ccc(F)cc1)c1ccc(CNC2CCCC2C2COCCN2)cc1. The third-order valence-corrected chi connectivity index (χ3v) is 5.92. The molecule has 1 saturated carbocycles. The summed E-state index contributed by atoms with van der Waals surface area (Å²) in [6.07, 6.45) is 3.69. The minimum absolute atomic E-state index is 0.199. The van der Waals surface area contributed by atoms with E-state index in [0.717, 1.165) is 31.9 Å². The molecule has 154 valence electrons. The van der Waals surface area contributed by atoms with Crippen molar-refractivity contribution >= 4 is 11.6 Å². The predicted molar refractivity (Wildman–Crippen MR) is 111 cm³/mol. The van der Waals surface area contributed by atoms with Gasteiger partial charge in [-0.25, -0.2) is 4.39 Å². The monoisotopic (exact) mass is 397 g/mol. The molecule has 2 fully saturated rings. The Balaban J connectivity index is 1.30. The smallest absolute Gasteiger partial charge is 0.255 e. The van der Waals surface area contributed by atoms with Crippen molar-refractivity contribution in [2.75, 3.05) is 25.1 Å². The van der Waals surface area contributed by atoms with E-state index in [1.165, 1.54) is 31.4 Å². The normalized spacial score (nSPS) is 24.4. The zero-order valence-corrected chi connectivity index (χ0v) is 16.5. The minimum atomic E-state index is -0.323. The van der Waals surface area contributed by atoms with Gasteiger partial charge in [-0.1, -0.05) is 18.6 Å². The first-order chi connectivity index (χ1) is 14.2. The highest BCUT2D eigenvalue weighted by Crippen LogP contribution is 2.29. The number of hydrogen-bond donors (Lipinski definition) is 3. The molecule has 0 radical (unpaired) electrons. The first kappa shape index (κ1) is 20.0. The molecule has 1 heterocycles. The Morgan fingerprint density at radius 1 is 1.10 bits per heavy atom. The molecular formula is C23H28FN3O2. The van der Waals surface area contributed by atoms with E-state index in [2.05, 4.69) is 16.0 Å². The third kappa shape index (κ3) is 5.21. The van der Waals surface area contributed by atoms with Gasteiger partial charge in [0.05, 0.1) is 13.2 Å². The maximum Gasteiger partial charge on any atom is 0.255 e. The van der Waals surface area contributed by atoms with E-state index in [9.17, 15) is 9.18 Å². The van der Waals surface area contributed by atoms with Crippen LogP contribution in [-0.2, 0) is 11.3 Å². The lowest BCUT2D eigenvalue weighted by atomic mass is 9.94. The lowest BCUT2D eigenvalue weighted by molar-refractivity contribution is 0.0524. The van der Waals surface area contributed by atoms with Crippen LogP contribution in [0, 0.1) is 11.7 Å². The van der Waals surface area contributed by atoms with Crippen LogP contribution in [0.1, 0.15) is 35.2 Å². The Labute approximate surface area is 171 Å². The van der Waals surface area contributed by atoms with E-state index < -0.39 is 0 Å². The van der Waals surface area contributed by atoms with E-state index in [-0.39, 0.29) is 11.7 Å². The van der Waals surface area contributed by atoms with Gasteiger partial charge in [0, 0.05) is 36.4 Å². The number of anilines is 1. The number of hydrogen-bond acceptors (Lipinski definition) is 4. The first-order valence-electron chi connectivity index (χ1n) is 10.4. The molecule has 2 aromatic rings. The van der Waals surface area contributed by atoms with Crippen LogP contribution in [0.3, 0.4) is 0 Å². The molecule has 0 spiro atoms. The summed E-state index contributed by atoms with van der Waals surface area (Å²) >= 11 is 0.